The van der Waals surface area contributed by atoms with Gasteiger partial charge in [0.2, 0.25) is 0 Å². The van der Waals surface area contributed by atoms with Crippen molar-refractivity contribution >= 4 is 12.1 Å². The first-order valence-electron chi connectivity index (χ1n) is 3.21. The number of rotatable bonds is 2. The van der Waals surface area contributed by atoms with Gasteiger partial charge < -0.3 is 4.42 Å². The van der Waals surface area contributed by atoms with E-state index in [2.05, 4.69) is 0 Å². The number of carbonyl (C=O) groups excluding carboxylic acids is 2. The Bertz CT molecular complexity index is 296. The first-order valence-corrected chi connectivity index (χ1v) is 3.21. The normalized spacial score (nSPS) is 9.64. The Kier molecular flexibility index (Phi) is 1.89. The molecular weight excluding hydrogens is 144 g/mol. The number of carbonyl (C=O) groups is 2. The molecule has 3 nitrogen and oxygen atoms in total. The zero-order valence-electron chi connectivity index (χ0n) is 6.38. The topological polar surface area (TPSA) is 47.3 Å². The summed E-state index contributed by atoms with van der Waals surface area (Å²) in [7, 11) is 0. The summed E-state index contributed by atoms with van der Waals surface area (Å²) in [6, 6.07) is 0. The molecule has 0 aliphatic rings. The summed E-state index contributed by atoms with van der Waals surface area (Å²) in [5.74, 6) is -0.451. The van der Waals surface area contributed by atoms with E-state index < -0.39 is 5.78 Å². The van der Waals surface area contributed by atoms with Crippen molar-refractivity contribution in [1.29, 1.82) is 0 Å². The molecule has 0 unspecified atom stereocenters. The van der Waals surface area contributed by atoms with E-state index in [1.165, 1.54) is 6.26 Å². The highest BCUT2D eigenvalue weighted by Gasteiger charge is 2.13. The van der Waals surface area contributed by atoms with Crippen molar-refractivity contribution in [3.05, 3.63) is 23.2 Å². The van der Waals surface area contributed by atoms with Crippen molar-refractivity contribution in [3.63, 3.8) is 0 Å². The van der Waals surface area contributed by atoms with E-state index >= 15 is 0 Å². The first kappa shape index (κ1) is 7.72. The van der Waals surface area contributed by atoms with E-state index in [9.17, 15) is 9.59 Å². The predicted molar refractivity (Wildman–Crippen MR) is 38.6 cm³/mol. The molecule has 0 bridgehead atoms. The van der Waals surface area contributed by atoms with Gasteiger partial charge in [-0.2, -0.15) is 0 Å². The third-order valence-corrected chi connectivity index (χ3v) is 1.62. The van der Waals surface area contributed by atoms with Crippen LogP contribution in [0.4, 0.5) is 0 Å². The minimum absolute atomic E-state index is 0.150. The molecule has 0 aliphatic carbocycles. The second kappa shape index (κ2) is 2.70. The fourth-order valence-electron chi connectivity index (χ4n) is 0.800. The summed E-state index contributed by atoms with van der Waals surface area (Å²) in [5, 5.41) is 0. The van der Waals surface area contributed by atoms with Crippen LogP contribution in [-0.2, 0) is 4.79 Å². The molecular formula is C8H8O3. The molecule has 0 fully saturated rings. The number of aldehydes is 1. The van der Waals surface area contributed by atoms with Crippen molar-refractivity contribution in [1.82, 2.24) is 0 Å². The van der Waals surface area contributed by atoms with Crippen LogP contribution in [0.1, 0.15) is 21.7 Å². The summed E-state index contributed by atoms with van der Waals surface area (Å²) in [5.41, 5.74) is 1.62. The number of ketones is 1. The Morgan fingerprint density at radius 2 is 2.18 bits per heavy atom. The maximum atomic E-state index is 10.8. The van der Waals surface area contributed by atoms with Crippen LogP contribution in [-0.4, -0.2) is 12.1 Å². The van der Waals surface area contributed by atoms with Gasteiger partial charge >= 0.3 is 0 Å². The summed E-state index contributed by atoms with van der Waals surface area (Å²) >= 11 is 0. The number of aryl methyl sites for hydroxylation is 1. The molecule has 0 saturated carbocycles. The van der Waals surface area contributed by atoms with Crippen molar-refractivity contribution in [2.24, 2.45) is 0 Å². The average Bonchev–Trinajstić information content (AvgIpc) is 2.32. The SMILES string of the molecule is Cc1coc(C(=O)C=O)c1C. The number of hydrogen-bond donors (Lipinski definition) is 0. The van der Waals surface area contributed by atoms with E-state index in [1.54, 1.807) is 6.92 Å². The Hall–Kier alpha value is -1.38. The van der Waals surface area contributed by atoms with Crippen LogP contribution in [0.3, 0.4) is 0 Å². The highest BCUT2D eigenvalue weighted by Crippen LogP contribution is 2.14. The number of Topliss-reactive ketones (excluding diaryl/α,β-unsaturated/α-hetero) is 1. The van der Waals surface area contributed by atoms with Crippen molar-refractivity contribution in [2.75, 3.05) is 0 Å². The number of furan rings is 1. The maximum absolute atomic E-state index is 10.8. The Labute approximate surface area is 64.0 Å². The molecule has 0 aromatic carbocycles. The minimum Gasteiger partial charge on any atom is -0.460 e. The highest BCUT2D eigenvalue weighted by atomic mass is 16.3. The van der Waals surface area contributed by atoms with Gasteiger partial charge in [-0.3, -0.25) is 9.59 Å². The zero-order chi connectivity index (χ0) is 8.43. The number of hydrogen-bond acceptors (Lipinski definition) is 3. The third kappa shape index (κ3) is 1.22. The Morgan fingerprint density at radius 1 is 1.55 bits per heavy atom. The minimum atomic E-state index is -0.601. The second-order valence-electron chi connectivity index (χ2n) is 2.35. The monoisotopic (exact) mass is 152 g/mol. The van der Waals surface area contributed by atoms with Crippen molar-refractivity contribution in [3.8, 4) is 0 Å². The predicted octanol–water partition coefficient (Wildman–Crippen LogP) is 1.28. The molecule has 0 atom stereocenters. The lowest BCUT2D eigenvalue weighted by Gasteiger charge is -1.88. The Morgan fingerprint density at radius 3 is 2.55 bits per heavy atom. The molecule has 11 heavy (non-hydrogen) atoms. The van der Waals surface area contributed by atoms with Gasteiger partial charge in [-0.05, 0) is 19.4 Å². The van der Waals surface area contributed by atoms with Crippen LogP contribution >= 0.6 is 0 Å². The summed E-state index contributed by atoms with van der Waals surface area (Å²) in [6.07, 6.45) is 1.72. The largest absolute Gasteiger partial charge is 0.460 e. The third-order valence-electron chi connectivity index (χ3n) is 1.62. The Balaban J connectivity index is 3.14. The molecule has 0 radical (unpaired) electrons. The molecule has 0 spiro atoms. The van der Waals surface area contributed by atoms with Crippen LogP contribution in [0.25, 0.3) is 0 Å². The first-order chi connectivity index (χ1) is 5.16. The molecule has 0 amide bonds. The van der Waals surface area contributed by atoms with E-state index in [0.29, 0.717) is 0 Å². The lowest BCUT2D eigenvalue weighted by molar-refractivity contribution is -0.104. The van der Waals surface area contributed by atoms with E-state index in [4.69, 9.17) is 4.42 Å². The van der Waals surface area contributed by atoms with Crippen molar-refractivity contribution < 1.29 is 14.0 Å². The van der Waals surface area contributed by atoms with Gasteiger partial charge in [0.25, 0.3) is 5.78 Å². The highest BCUT2D eigenvalue weighted by molar-refractivity contribution is 6.32. The van der Waals surface area contributed by atoms with Gasteiger partial charge in [0, 0.05) is 5.56 Å². The van der Waals surface area contributed by atoms with E-state index in [1.807, 2.05) is 6.92 Å². The summed E-state index contributed by atoms with van der Waals surface area (Å²) < 4.78 is 4.87. The fourth-order valence-corrected chi connectivity index (χ4v) is 0.800. The molecule has 3 heteroatoms. The fraction of sp³-hybridized carbons (Fsp3) is 0.250. The standard InChI is InChI=1S/C8H8O3/c1-5-4-11-8(6(5)2)7(10)3-9/h3-4H,1-2H3. The van der Waals surface area contributed by atoms with Crippen molar-refractivity contribution in [2.45, 2.75) is 13.8 Å². The van der Waals surface area contributed by atoms with Gasteiger partial charge in [0.05, 0.1) is 6.26 Å². The van der Waals surface area contributed by atoms with Gasteiger partial charge in [-0.25, -0.2) is 0 Å². The maximum Gasteiger partial charge on any atom is 0.260 e. The molecule has 0 aliphatic heterocycles. The smallest absolute Gasteiger partial charge is 0.260 e. The van der Waals surface area contributed by atoms with Gasteiger partial charge in [-0.15, -0.1) is 0 Å². The van der Waals surface area contributed by atoms with E-state index in [-0.39, 0.29) is 12.0 Å². The molecule has 0 saturated heterocycles. The lowest BCUT2D eigenvalue weighted by Crippen LogP contribution is -1.99. The molecule has 1 rings (SSSR count). The molecule has 0 N–H and O–H groups in total. The van der Waals surface area contributed by atoms with Gasteiger partial charge in [0.1, 0.15) is 0 Å². The van der Waals surface area contributed by atoms with E-state index in [0.717, 1.165) is 11.1 Å². The van der Waals surface area contributed by atoms with Crippen LogP contribution in [0.2, 0.25) is 0 Å². The molecule has 58 valence electrons. The van der Waals surface area contributed by atoms with Crippen LogP contribution < -0.4 is 0 Å². The molecule has 1 aromatic rings. The second-order valence-corrected chi connectivity index (χ2v) is 2.35. The zero-order valence-corrected chi connectivity index (χ0v) is 6.38. The lowest BCUT2D eigenvalue weighted by atomic mass is 10.1. The van der Waals surface area contributed by atoms with Crippen LogP contribution in [0, 0.1) is 13.8 Å². The van der Waals surface area contributed by atoms with Gasteiger partial charge in [0.15, 0.2) is 12.0 Å². The quantitative estimate of drug-likeness (QED) is 0.364. The molecule has 1 aromatic heterocycles. The van der Waals surface area contributed by atoms with Crippen LogP contribution in [0.5, 0.6) is 0 Å². The summed E-state index contributed by atoms with van der Waals surface area (Å²) in [6.45, 7) is 3.57. The van der Waals surface area contributed by atoms with Crippen LogP contribution in [0.15, 0.2) is 10.7 Å². The summed E-state index contributed by atoms with van der Waals surface area (Å²) in [4.78, 5) is 20.8. The molecule has 1 heterocycles. The average molecular weight is 152 g/mol. The van der Waals surface area contributed by atoms with Gasteiger partial charge in [-0.1, -0.05) is 0 Å².